The maximum absolute atomic E-state index is 11.6. The van der Waals surface area contributed by atoms with Gasteiger partial charge in [-0.1, -0.05) is 39.8 Å². The number of H-pyrrole nitrogens is 1. The molecule has 0 aliphatic heterocycles. The molecule has 1 aromatic carbocycles. The van der Waals surface area contributed by atoms with Crippen molar-refractivity contribution in [3.05, 3.63) is 39.4 Å². The van der Waals surface area contributed by atoms with Crippen molar-refractivity contribution in [3.63, 3.8) is 0 Å². The van der Waals surface area contributed by atoms with Gasteiger partial charge in [-0.25, -0.2) is 0 Å². The van der Waals surface area contributed by atoms with Crippen LogP contribution in [-0.2, 0) is 7.05 Å². The summed E-state index contributed by atoms with van der Waals surface area (Å²) in [6, 6.07) is 7.32. The van der Waals surface area contributed by atoms with Gasteiger partial charge in [0.1, 0.15) is 0 Å². The standard InChI is InChI=1S/C9H8N2OS.2C2H6/c1-11-8(12)6-4-2-3-5-7(6)10-9(11)13;2*1-2/h2-5H,1H3,(H,10,13);2*1-2H3. The monoisotopic (exact) mass is 252 g/mol. The second-order valence-corrected chi connectivity index (χ2v) is 3.23. The Balaban J connectivity index is 0.000000581. The number of hydrogen-bond donors (Lipinski definition) is 1. The normalized spacial score (nSPS) is 8.76. The second-order valence-electron chi connectivity index (χ2n) is 2.84. The van der Waals surface area contributed by atoms with Crippen LogP contribution in [0, 0.1) is 4.77 Å². The molecule has 3 nitrogen and oxygen atoms in total. The van der Waals surface area contributed by atoms with E-state index < -0.39 is 0 Å². The molecule has 1 N–H and O–H groups in total. The molecule has 0 unspecified atom stereocenters. The summed E-state index contributed by atoms with van der Waals surface area (Å²) in [5.41, 5.74) is 0.731. The van der Waals surface area contributed by atoms with E-state index in [-0.39, 0.29) is 5.56 Å². The van der Waals surface area contributed by atoms with Crippen molar-refractivity contribution in [2.45, 2.75) is 27.7 Å². The molecule has 0 saturated carbocycles. The molecule has 0 saturated heterocycles. The summed E-state index contributed by atoms with van der Waals surface area (Å²) in [6.45, 7) is 8.00. The molecular formula is C13H20N2OS. The van der Waals surface area contributed by atoms with Gasteiger partial charge in [0.2, 0.25) is 0 Å². The molecule has 0 fully saturated rings. The Bertz CT molecular complexity index is 569. The molecule has 1 heterocycles. The fourth-order valence-electron chi connectivity index (χ4n) is 1.25. The predicted molar refractivity (Wildman–Crippen MR) is 77.1 cm³/mol. The first-order valence-corrected chi connectivity index (χ1v) is 6.29. The zero-order valence-corrected chi connectivity index (χ0v) is 11.9. The minimum atomic E-state index is -0.0562. The summed E-state index contributed by atoms with van der Waals surface area (Å²) < 4.78 is 1.88. The van der Waals surface area contributed by atoms with Gasteiger partial charge in [0.15, 0.2) is 4.77 Å². The maximum atomic E-state index is 11.6. The zero-order chi connectivity index (χ0) is 13.4. The van der Waals surface area contributed by atoms with Gasteiger partial charge in [-0.3, -0.25) is 9.36 Å². The van der Waals surface area contributed by atoms with E-state index in [1.54, 1.807) is 13.1 Å². The first kappa shape index (κ1) is 15.6. The molecule has 0 amide bonds. The third-order valence-corrected chi connectivity index (χ3v) is 2.38. The molecule has 2 aromatic rings. The van der Waals surface area contributed by atoms with Gasteiger partial charge in [0, 0.05) is 7.05 Å². The Labute approximate surface area is 107 Å². The average Bonchev–Trinajstić information content (AvgIpc) is 2.41. The first-order chi connectivity index (χ1) is 8.20. The van der Waals surface area contributed by atoms with E-state index in [1.807, 2.05) is 45.9 Å². The van der Waals surface area contributed by atoms with E-state index in [9.17, 15) is 4.79 Å². The molecular weight excluding hydrogens is 232 g/mol. The van der Waals surface area contributed by atoms with Gasteiger partial charge in [-0.05, 0) is 24.4 Å². The molecule has 94 valence electrons. The molecule has 2 rings (SSSR count). The fraction of sp³-hybridized carbons (Fsp3) is 0.385. The number of aromatic amines is 1. The minimum absolute atomic E-state index is 0.0562. The van der Waals surface area contributed by atoms with Crippen molar-refractivity contribution < 1.29 is 0 Å². The largest absolute Gasteiger partial charge is 0.332 e. The summed E-state index contributed by atoms with van der Waals surface area (Å²) in [4.78, 5) is 14.6. The van der Waals surface area contributed by atoms with Crippen molar-refractivity contribution >= 4 is 23.1 Å². The molecule has 0 aliphatic rings. The summed E-state index contributed by atoms with van der Waals surface area (Å²) >= 11 is 4.98. The number of nitrogens with one attached hydrogen (secondary N) is 1. The highest BCUT2D eigenvalue weighted by molar-refractivity contribution is 7.71. The molecule has 4 heteroatoms. The number of para-hydroxylation sites is 1. The van der Waals surface area contributed by atoms with E-state index in [2.05, 4.69) is 4.98 Å². The van der Waals surface area contributed by atoms with E-state index in [0.717, 1.165) is 5.52 Å². The smallest absolute Gasteiger partial charge is 0.261 e. The van der Waals surface area contributed by atoms with Crippen LogP contribution in [0.3, 0.4) is 0 Å². The lowest BCUT2D eigenvalue weighted by Crippen LogP contribution is -2.18. The van der Waals surface area contributed by atoms with Crippen molar-refractivity contribution in [2.75, 3.05) is 0 Å². The number of fused-ring (bicyclic) bond motifs is 1. The Morgan fingerprint density at radius 2 is 1.65 bits per heavy atom. The molecule has 1 aromatic heterocycles. The predicted octanol–water partition coefficient (Wildman–Crippen LogP) is 3.65. The highest BCUT2D eigenvalue weighted by atomic mass is 32.1. The van der Waals surface area contributed by atoms with E-state index in [4.69, 9.17) is 12.2 Å². The number of benzene rings is 1. The van der Waals surface area contributed by atoms with Gasteiger partial charge >= 0.3 is 0 Å². The van der Waals surface area contributed by atoms with Gasteiger partial charge in [0.25, 0.3) is 5.56 Å². The lowest BCUT2D eigenvalue weighted by molar-refractivity contribution is 0.824. The van der Waals surface area contributed by atoms with Gasteiger partial charge in [-0.15, -0.1) is 0 Å². The van der Waals surface area contributed by atoms with Crippen molar-refractivity contribution in [1.82, 2.24) is 9.55 Å². The second kappa shape index (κ2) is 7.79. The number of aromatic nitrogens is 2. The highest BCUT2D eigenvalue weighted by Gasteiger charge is 1.99. The van der Waals surface area contributed by atoms with Gasteiger partial charge in [-0.2, -0.15) is 0 Å². The van der Waals surface area contributed by atoms with Crippen LogP contribution in [0.4, 0.5) is 0 Å². The lowest BCUT2D eigenvalue weighted by Gasteiger charge is -2.00. The van der Waals surface area contributed by atoms with Crippen LogP contribution in [0.2, 0.25) is 0 Å². The van der Waals surface area contributed by atoms with Crippen LogP contribution >= 0.6 is 12.2 Å². The van der Waals surface area contributed by atoms with E-state index in [1.165, 1.54) is 4.57 Å². The molecule has 0 bridgehead atoms. The maximum Gasteiger partial charge on any atom is 0.261 e. The first-order valence-electron chi connectivity index (χ1n) is 5.88. The highest BCUT2D eigenvalue weighted by Crippen LogP contribution is 2.04. The van der Waals surface area contributed by atoms with E-state index >= 15 is 0 Å². The Hall–Kier alpha value is -1.42. The summed E-state index contributed by atoms with van der Waals surface area (Å²) in [5.74, 6) is 0. The Morgan fingerprint density at radius 3 is 2.24 bits per heavy atom. The topological polar surface area (TPSA) is 37.8 Å². The SMILES string of the molecule is CC.CC.Cn1c(=S)[nH]c2ccccc2c1=O. The van der Waals surface area contributed by atoms with Crippen LogP contribution in [0.15, 0.2) is 29.1 Å². The number of hydrogen-bond acceptors (Lipinski definition) is 2. The third kappa shape index (κ3) is 3.53. The summed E-state index contributed by atoms with van der Waals surface area (Å²) in [6.07, 6.45) is 0. The fourth-order valence-corrected chi connectivity index (χ4v) is 1.44. The van der Waals surface area contributed by atoms with Crippen LogP contribution in [-0.4, -0.2) is 9.55 Å². The van der Waals surface area contributed by atoms with Crippen molar-refractivity contribution in [3.8, 4) is 0 Å². The van der Waals surface area contributed by atoms with Crippen molar-refractivity contribution in [1.29, 1.82) is 0 Å². The molecule has 0 radical (unpaired) electrons. The van der Waals surface area contributed by atoms with Crippen LogP contribution in [0.1, 0.15) is 27.7 Å². The van der Waals surface area contributed by atoms with Crippen LogP contribution in [0.5, 0.6) is 0 Å². The molecule has 17 heavy (non-hydrogen) atoms. The zero-order valence-electron chi connectivity index (χ0n) is 11.1. The van der Waals surface area contributed by atoms with Crippen LogP contribution < -0.4 is 5.56 Å². The minimum Gasteiger partial charge on any atom is -0.332 e. The van der Waals surface area contributed by atoms with Gasteiger partial charge < -0.3 is 4.98 Å². The molecule has 0 spiro atoms. The van der Waals surface area contributed by atoms with Crippen molar-refractivity contribution in [2.24, 2.45) is 7.05 Å². The van der Waals surface area contributed by atoms with Gasteiger partial charge in [0.05, 0.1) is 10.9 Å². The van der Waals surface area contributed by atoms with E-state index in [0.29, 0.717) is 10.2 Å². The Morgan fingerprint density at radius 1 is 1.12 bits per heavy atom. The number of rotatable bonds is 0. The van der Waals surface area contributed by atoms with Crippen LogP contribution in [0.25, 0.3) is 10.9 Å². The third-order valence-electron chi connectivity index (χ3n) is 2.01. The summed E-state index contributed by atoms with van der Waals surface area (Å²) in [5, 5.41) is 0.665. The Kier molecular flexibility index (Phi) is 7.14. The molecule has 0 aliphatic carbocycles. The number of nitrogens with zero attached hydrogens (tertiary/aromatic N) is 1. The average molecular weight is 252 g/mol. The lowest BCUT2D eigenvalue weighted by atomic mass is 10.2. The quantitative estimate of drug-likeness (QED) is 0.727. The summed E-state index contributed by atoms with van der Waals surface area (Å²) in [7, 11) is 1.66. The molecule has 0 atom stereocenters.